The molecule has 0 heterocycles. The van der Waals surface area contributed by atoms with Gasteiger partial charge in [0.2, 0.25) is 0 Å². The summed E-state index contributed by atoms with van der Waals surface area (Å²) in [5, 5.41) is 8.98. The Bertz CT molecular complexity index is 42.2. The van der Waals surface area contributed by atoms with Crippen molar-refractivity contribution in [1.82, 2.24) is 0 Å². The fourth-order valence-corrected chi connectivity index (χ4v) is 0. The van der Waals surface area contributed by atoms with Crippen LogP contribution in [0.15, 0.2) is 0 Å². The van der Waals surface area contributed by atoms with Crippen LogP contribution >= 0.6 is 0 Å². The number of hydrogen-bond donors (Lipinski definition) is 1. The van der Waals surface area contributed by atoms with Crippen molar-refractivity contribution in [2.45, 2.75) is 0 Å². The van der Waals surface area contributed by atoms with Gasteiger partial charge in [-0.3, -0.25) is 0 Å². The van der Waals surface area contributed by atoms with Crippen LogP contribution in [0.25, 0.3) is 0 Å². The van der Waals surface area contributed by atoms with Crippen molar-refractivity contribution in [2.24, 2.45) is 0 Å². The van der Waals surface area contributed by atoms with Crippen molar-refractivity contribution >= 4 is 0 Å². The minimum atomic E-state index is -1.83. The zero-order valence-corrected chi connectivity index (χ0v) is 4.44. The van der Waals surface area contributed by atoms with E-state index in [1.54, 1.807) is 0 Å². The third-order valence-electron chi connectivity index (χ3n) is 0.0544. The first kappa shape index (κ1) is 5.01. The monoisotopic (exact) mass is 256 g/mol. The Balaban J connectivity index is 2.85. The van der Waals surface area contributed by atoms with Crippen LogP contribution in [0, 0.1) is 10.1 Å². The summed E-state index contributed by atoms with van der Waals surface area (Å²) >= 11 is -1.83. The molecule has 0 aliphatic carbocycles. The second kappa shape index (κ2) is 2.26. The third-order valence-corrected chi connectivity index (χ3v) is 0.446. The number of nitrogens with zero attached hydrogens (tertiary/aromatic N) is 1. The van der Waals surface area contributed by atoms with Gasteiger partial charge < -0.3 is 0 Å². The predicted octanol–water partition coefficient (Wildman–Crippen LogP) is -0.832. The Kier molecular flexibility index (Phi) is 2.26. The van der Waals surface area contributed by atoms with Crippen LogP contribution in [0.5, 0.6) is 0 Å². The molecule has 0 bridgehead atoms. The van der Waals surface area contributed by atoms with Crippen LogP contribution in [0.2, 0.25) is 0 Å². The van der Waals surface area contributed by atoms with Gasteiger partial charge in [-0.1, -0.05) is 0 Å². The number of nitro groups is 1. The van der Waals surface area contributed by atoms with Crippen LogP contribution in [-0.4, -0.2) is 7.46 Å². The second-order valence-electron chi connectivity index (χ2n) is 0.263. The molecule has 5 heavy (non-hydrogen) atoms. The summed E-state index contributed by atoms with van der Waals surface area (Å²) in [5.41, 5.74) is 0. The first-order valence-electron chi connectivity index (χ1n) is 0.663. The maximum absolute atomic E-state index is 8.98. The summed E-state index contributed by atoms with van der Waals surface area (Å²) in [4.78, 5) is 8.98. The Labute approximate surface area is 36.6 Å². The van der Waals surface area contributed by atoms with Gasteiger partial charge in [-0.15, -0.1) is 0 Å². The molecular formula is HIrNO3. The van der Waals surface area contributed by atoms with Gasteiger partial charge in [0.15, 0.2) is 0 Å². The minimum absolute atomic E-state index is 0.694. The van der Waals surface area contributed by atoms with Gasteiger partial charge in [-0.2, -0.15) is 0 Å². The summed E-state index contributed by atoms with van der Waals surface area (Å²) < 4.78 is 6.88. The molecule has 0 fully saturated rings. The van der Waals surface area contributed by atoms with E-state index in [4.69, 9.17) is 14.0 Å². The van der Waals surface area contributed by atoms with E-state index in [-0.39, 0.29) is 0 Å². The van der Waals surface area contributed by atoms with Crippen molar-refractivity contribution in [3.8, 4) is 0 Å². The summed E-state index contributed by atoms with van der Waals surface area (Å²) in [6, 6.07) is 0. The second-order valence-corrected chi connectivity index (χ2v) is 1.62. The van der Waals surface area contributed by atoms with E-state index in [0.29, 0.717) is 0 Å². The first-order chi connectivity index (χ1) is 2.27. The van der Waals surface area contributed by atoms with E-state index in [2.05, 4.69) is 0 Å². The van der Waals surface area contributed by atoms with Crippen LogP contribution < -0.4 is 0 Å². The SMILES string of the molecule is O=[N+]([O-])[Ir][OH]. The maximum atomic E-state index is 8.98. The molecule has 0 aliphatic rings. The summed E-state index contributed by atoms with van der Waals surface area (Å²) in [5.74, 6) is 0. The molecule has 1 N–H and O–H groups in total. The van der Waals surface area contributed by atoms with Crippen LogP contribution in [0.3, 0.4) is 0 Å². The Morgan fingerprint density at radius 2 is 2.20 bits per heavy atom. The molecule has 0 rings (SSSR count). The summed E-state index contributed by atoms with van der Waals surface area (Å²) in [6.45, 7) is 0. The first-order valence-corrected chi connectivity index (χ1v) is 2.81. The van der Waals surface area contributed by atoms with Gasteiger partial charge in [0.25, 0.3) is 0 Å². The van der Waals surface area contributed by atoms with Crippen molar-refractivity contribution < 1.29 is 25.8 Å². The normalized spacial score (nSPS) is 8.20. The number of hydrogen-bond acceptors (Lipinski definition) is 3. The molecule has 33 valence electrons. The summed E-state index contributed by atoms with van der Waals surface area (Å²) in [6.07, 6.45) is 0. The molecule has 0 radical (unpaired) electrons. The van der Waals surface area contributed by atoms with E-state index in [1.807, 2.05) is 0 Å². The van der Waals surface area contributed by atoms with Gasteiger partial charge in [0, 0.05) is 0 Å². The van der Waals surface area contributed by atoms with Gasteiger partial charge in [0.05, 0.1) is 0 Å². The molecule has 0 aromatic heterocycles. The molecular weight excluding hydrogens is 254 g/mol. The van der Waals surface area contributed by atoms with Crippen molar-refractivity contribution in [3.63, 3.8) is 0 Å². The van der Waals surface area contributed by atoms with Gasteiger partial charge in [0.1, 0.15) is 0 Å². The average molecular weight is 255 g/mol. The van der Waals surface area contributed by atoms with E-state index < -0.39 is 21.9 Å². The van der Waals surface area contributed by atoms with Crippen LogP contribution in [0.4, 0.5) is 0 Å². The molecule has 0 aliphatic heterocycles. The average Bonchev–Trinajstić information content (AvgIpc) is 1.38. The molecule has 0 spiro atoms. The third kappa shape index (κ3) is 4.01. The van der Waals surface area contributed by atoms with E-state index in [1.165, 1.54) is 0 Å². The molecule has 0 unspecified atom stereocenters. The van der Waals surface area contributed by atoms with E-state index in [0.717, 1.165) is 0 Å². The quantitative estimate of drug-likeness (QED) is 0.491. The van der Waals surface area contributed by atoms with Gasteiger partial charge in [-0.05, 0) is 0 Å². The van der Waals surface area contributed by atoms with E-state index in [9.17, 15) is 0 Å². The van der Waals surface area contributed by atoms with Gasteiger partial charge >= 0.3 is 35.9 Å². The molecule has 0 aromatic carbocycles. The van der Waals surface area contributed by atoms with Crippen molar-refractivity contribution in [2.75, 3.05) is 0 Å². The molecule has 0 saturated carbocycles. The Morgan fingerprint density at radius 3 is 2.20 bits per heavy atom. The molecule has 0 aromatic rings. The predicted molar refractivity (Wildman–Crippen MR) is 9.21 cm³/mol. The molecule has 0 saturated heterocycles. The zero-order chi connectivity index (χ0) is 4.28. The summed E-state index contributed by atoms with van der Waals surface area (Å²) in [7, 11) is 0. The van der Waals surface area contributed by atoms with Crippen molar-refractivity contribution in [1.29, 1.82) is 0 Å². The molecule has 0 atom stereocenters. The Hall–Kier alpha value is 0.00935. The van der Waals surface area contributed by atoms with Crippen molar-refractivity contribution in [3.05, 3.63) is 10.1 Å². The zero-order valence-electron chi connectivity index (χ0n) is 2.04. The Morgan fingerprint density at radius 1 is 2.00 bits per heavy atom. The van der Waals surface area contributed by atoms with E-state index >= 15 is 0 Å². The molecule has 4 nitrogen and oxygen atoms in total. The fraction of sp³-hybridized carbons (Fsp3) is 0. The molecule has 0 amide bonds. The topological polar surface area (TPSA) is 63.4 Å². The molecule has 5 heteroatoms. The number of rotatable bonds is 1. The van der Waals surface area contributed by atoms with Crippen LogP contribution in [-0.2, 0) is 18.3 Å². The van der Waals surface area contributed by atoms with Crippen LogP contribution in [0.1, 0.15) is 0 Å². The fourth-order valence-electron chi connectivity index (χ4n) is 0. The standard InChI is InChI=1S/Ir.NO2.H2O/c;2-1-3;/h;;1H2/q+1;;/p-1. The van der Waals surface area contributed by atoms with Gasteiger partial charge in [-0.25, -0.2) is 0 Å².